The smallest absolute Gasteiger partial charge is 0.177 e. The molecule has 114 valence electrons. The second-order valence-corrected chi connectivity index (χ2v) is 7.78. The van der Waals surface area contributed by atoms with E-state index in [0.717, 1.165) is 35.7 Å². The fourth-order valence-corrected chi connectivity index (χ4v) is 5.65. The summed E-state index contributed by atoms with van der Waals surface area (Å²) < 4.78 is 11.3. The van der Waals surface area contributed by atoms with E-state index in [-0.39, 0.29) is 11.0 Å². The zero-order valence-corrected chi connectivity index (χ0v) is 13.8. The van der Waals surface area contributed by atoms with E-state index in [1.807, 2.05) is 30.0 Å². The summed E-state index contributed by atoms with van der Waals surface area (Å²) in [7, 11) is 0. The van der Waals surface area contributed by atoms with Gasteiger partial charge in [0, 0.05) is 28.7 Å². The summed E-state index contributed by atoms with van der Waals surface area (Å²) in [6.45, 7) is 3.49. The fourth-order valence-electron chi connectivity index (χ4n) is 2.63. The summed E-state index contributed by atoms with van der Waals surface area (Å²) in [5.41, 5.74) is 0.748. The number of hydrogen-bond donors (Lipinski definition) is 0. The van der Waals surface area contributed by atoms with Crippen molar-refractivity contribution in [1.82, 2.24) is 0 Å². The molecule has 2 heterocycles. The van der Waals surface area contributed by atoms with Crippen LogP contribution in [-0.4, -0.2) is 41.0 Å². The molecule has 5 heteroatoms. The van der Waals surface area contributed by atoms with E-state index < -0.39 is 0 Å². The number of ether oxygens (including phenoxy) is 2. The van der Waals surface area contributed by atoms with Crippen LogP contribution >= 0.6 is 23.5 Å². The van der Waals surface area contributed by atoms with E-state index in [0.29, 0.717) is 24.2 Å². The number of fused-ring (bicyclic) bond motifs is 1. The summed E-state index contributed by atoms with van der Waals surface area (Å²) in [6.07, 6.45) is 1.92. The highest BCUT2D eigenvalue weighted by Crippen LogP contribution is 2.37. The van der Waals surface area contributed by atoms with Crippen LogP contribution in [0.4, 0.5) is 0 Å². The van der Waals surface area contributed by atoms with Crippen molar-refractivity contribution < 1.29 is 14.3 Å². The number of ketones is 1. The van der Waals surface area contributed by atoms with Crippen molar-refractivity contribution >= 4 is 29.3 Å². The van der Waals surface area contributed by atoms with Gasteiger partial charge >= 0.3 is 0 Å². The normalized spacial score (nSPS) is 25.2. The number of hydrogen-bond acceptors (Lipinski definition) is 5. The number of carbonyl (C=O) groups excluding carboxylic acids is 1. The van der Waals surface area contributed by atoms with E-state index >= 15 is 0 Å². The lowest BCUT2D eigenvalue weighted by atomic mass is 10.0. The van der Waals surface area contributed by atoms with E-state index in [2.05, 4.69) is 6.92 Å². The molecule has 0 aromatic heterocycles. The molecule has 2 atom stereocenters. The fraction of sp³-hybridized carbons (Fsp3) is 0.562. The number of carbonyl (C=O) groups is 1. The molecule has 21 heavy (non-hydrogen) atoms. The SMILES string of the molecule is CCC1SCCSC1C(=O)c1ccc2c(c1)OCCCO2. The van der Waals surface area contributed by atoms with Crippen molar-refractivity contribution in [3.63, 3.8) is 0 Å². The number of thioether (sulfide) groups is 2. The van der Waals surface area contributed by atoms with E-state index in [4.69, 9.17) is 9.47 Å². The minimum atomic E-state index is 0.0681. The first kappa shape index (κ1) is 15.1. The Balaban J connectivity index is 1.82. The third-order valence-electron chi connectivity index (χ3n) is 3.74. The molecule has 1 saturated heterocycles. The Bertz CT molecular complexity index is 518. The van der Waals surface area contributed by atoms with Gasteiger partial charge in [0.25, 0.3) is 0 Å². The van der Waals surface area contributed by atoms with Gasteiger partial charge in [-0.25, -0.2) is 0 Å². The molecule has 2 unspecified atom stereocenters. The minimum Gasteiger partial charge on any atom is -0.490 e. The maximum atomic E-state index is 12.8. The maximum absolute atomic E-state index is 12.8. The number of rotatable bonds is 3. The Hall–Kier alpha value is -0.810. The quantitative estimate of drug-likeness (QED) is 0.793. The Kier molecular flexibility index (Phi) is 5.01. The van der Waals surface area contributed by atoms with Gasteiger partial charge in [-0.2, -0.15) is 11.8 Å². The zero-order chi connectivity index (χ0) is 14.7. The summed E-state index contributed by atoms with van der Waals surface area (Å²) in [6, 6.07) is 5.60. The Morgan fingerprint density at radius 3 is 2.76 bits per heavy atom. The topological polar surface area (TPSA) is 35.5 Å². The average molecular weight is 324 g/mol. The highest BCUT2D eigenvalue weighted by atomic mass is 32.2. The van der Waals surface area contributed by atoms with E-state index in [9.17, 15) is 4.79 Å². The van der Waals surface area contributed by atoms with Crippen LogP contribution in [0.15, 0.2) is 18.2 Å². The molecule has 0 bridgehead atoms. The molecule has 3 nitrogen and oxygen atoms in total. The van der Waals surface area contributed by atoms with Gasteiger partial charge in [-0.3, -0.25) is 4.79 Å². The molecule has 2 aliphatic heterocycles. The second-order valence-electron chi connectivity index (χ2n) is 5.19. The van der Waals surface area contributed by atoms with Gasteiger partial charge in [-0.05, 0) is 24.6 Å². The maximum Gasteiger partial charge on any atom is 0.177 e. The molecular weight excluding hydrogens is 304 g/mol. The lowest BCUT2D eigenvalue weighted by Gasteiger charge is -2.28. The van der Waals surface area contributed by atoms with Crippen LogP contribution in [0.3, 0.4) is 0 Å². The van der Waals surface area contributed by atoms with Crippen molar-refractivity contribution in [1.29, 1.82) is 0 Å². The summed E-state index contributed by atoms with van der Waals surface area (Å²) in [5, 5.41) is 0.491. The predicted molar refractivity (Wildman–Crippen MR) is 89.2 cm³/mol. The van der Waals surface area contributed by atoms with E-state index in [1.54, 1.807) is 11.8 Å². The molecule has 0 saturated carbocycles. The summed E-state index contributed by atoms with van der Waals surface area (Å²) in [4.78, 5) is 12.8. The number of Topliss-reactive ketones (excluding diaryl/α,β-unsaturated/α-hetero) is 1. The predicted octanol–water partition coefficient (Wildman–Crippen LogP) is 3.66. The Morgan fingerprint density at radius 2 is 1.95 bits per heavy atom. The first-order valence-corrected chi connectivity index (χ1v) is 9.56. The molecule has 1 aromatic rings. The lowest BCUT2D eigenvalue weighted by Crippen LogP contribution is -2.32. The monoisotopic (exact) mass is 324 g/mol. The van der Waals surface area contributed by atoms with Gasteiger partial charge in [0.1, 0.15) is 0 Å². The van der Waals surface area contributed by atoms with Gasteiger partial charge in [-0.15, -0.1) is 11.8 Å². The third-order valence-corrected chi connectivity index (χ3v) is 6.99. The molecule has 1 fully saturated rings. The van der Waals surface area contributed by atoms with Crippen molar-refractivity contribution in [2.24, 2.45) is 0 Å². The molecule has 1 aromatic carbocycles. The molecular formula is C16H20O3S2. The Morgan fingerprint density at radius 1 is 1.19 bits per heavy atom. The molecule has 3 rings (SSSR count). The molecule has 0 N–H and O–H groups in total. The second kappa shape index (κ2) is 6.97. The van der Waals surface area contributed by atoms with Crippen LogP contribution in [0.5, 0.6) is 11.5 Å². The van der Waals surface area contributed by atoms with Crippen molar-refractivity contribution in [2.45, 2.75) is 30.3 Å². The zero-order valence-electron chi connectivity index (χ0n) is 12.2. The standard InChI is InChI=1S/C16H20O3S2/c1-2-14-16(21-9-8-20-14)15(17)11-4-5-12-13(10-11)19-7-3-6-18-12/h4-5,10,14,16H,2-3,6-9H2,1H3. The summed E-state index contributed by atoms with van der Waals surface area (Å²) in [5.74, 6) is 3.90. The van der Waals surface area contributed by atoms with Crippen LogP contribution in [0, 0.1) is 0 Å². The Labute approximate surface area is 134 Å². The summed E-state index contributed by atoms with van der Waals surface area (Å²) >= 11 is 3.73. The molecule has 0 amide bonds. The van der Waals surface area contributed by atoms with Gasteiger partial charge in [0.15, 0.2) is 17.3 Å². The highest BCUT2D eigenvalue weighted by Gasteiger charge is 2.32. The van der Waals surface area contributed by atoms with Crippen LogP contribution in [0.2, 0.25) is 0 Å². The first-order chi connectivity index (χ1) is 10.3. The first-order valence-electron chi connectivity index (χ1n) is 7.46. The van der Waals surface area contributed by atoms with Crippen LogP contribution < -0.4 is 9.47 Å². The van der Waals surface area contributed by atoms with Crippen molar-refractivity contribution in [3.05, 3.63) is 23.8 Å². The minimum absolute atomic E-state index is 0.0681. The molecule has 0 aliphatic carbocycles. The number of benzene rings is 1. The largest absolute Gasteiger partial charge is 0.490 e. The van der Waals surface area contributed by atoms with Gasteiger partial charge in [-0.1, -0.05) is 6.92 Å². The van der Waals surface area contributed by atoms with Crippen LogP contribution in [0.1, 0.15) is 30.1 Å². The molecule has 2 aliphatic rings. The van der Waals surface area contributed by atoms with Crippen molar-refractivity contribution in [3.8, 4) is 11.5 Å². The average Bonchev–Trinajstić information content (AvgIpc) is 2.78. The third kappa shape index (κ3) is 3.34. The van der Waals surface area contributed by atoms with Crippen LogP contribution in [0.25, 0.3) is 0 Å². The van der Waals surface area contributed by atoms with Gasteiger partial charge in [0.05, 0.1) is 18.5 Å². The molecule has 0 spiro atoms. The van der Waals surface area contributed by atoms with Crippen LogP contribution in [-0.2, 0) is 0 Å². The van der Waals surface area contributed by atoms with Gasteiger partial charge in [0.2, 0.25) is 0 Å². The molecule has 0 radical (unpaired) electrons. The highest BCUT2D eigenvalue weighted by molar-refractivity contribution is 8.07. The van der Waals surface area contributed by atoms with E-state index in [1.165, 1.54) is 0 Å². The van der Waals surface area contributed by atoms with Crippen molar-refractivity contribution in [2.75, 3.05) is 24.7 Å². The van der Waals surface area contributed by atoms with Gasteiger partial charge < -0.3 is 9.47 Å². The lowest BCUT2D eigenvalue weighted by molar-refractivity contribution is 0.0987.